The average molecular weight is 281 g/mol. The van der Waals surface area contributed by atoms with Gasteiger partial charge in [-0.05, 0) is 31.6 Å². The lowest BCUT2D eigenvalue weighted by molar-refractivity contribution is -0.126. The van der Waals surface area contributed by atoms with E-state index in [0.29, 0.717) is 11.6 Å². The highest BCUT2D eigenvalue weighted by Gasteiger charge is 2.12. The second-order valence-corrected chi connectivity index (χ2v) is 4.39. The summed E-state index contributed by atoms with van der Waals surface area (Å²) in [5, 5.41) is 5.78. The van der Waals surface area contributed by atoms with Crippen LogP contribution >= 0.6 is 11.6 Å². The molecule has 1 rings (SSSR count). The smallest absolute Gasteiger partial charge is 0.244 e. The molecule has 0 aliphatic rings. The molecule has 0 aliphatic heterocycles. The number of likely N-dealkylation sites (N-methyl/N-ethyl adjacent to an activating group) is 1. The molecule has 0 saturated carbocycles. The molecule has 1 aromatic carbocycles. The first kappa shape index (κ1) is 15.2. The van der Waals surface area contributed by atoms with Gasteiger partial charge in [0.25, 0.3) is 0 Å². The second kappa shape index (κ2) is 7.59. The van der Waals surface area contributed by atoms with Gasteiger partial charge in [0.1, 0.15) is 6.04 Å². The molecule has 0 bridgehead atoms. The molecule has 2 amide bonds. The third kappa shape index (κ3) is 5.14. The van der Waals surface area contributed by atoms with Crippen LogP contribution in [0.3, 0.4) is 0 Å². The summed E-state index contributed by atoms with van der Waals surface area (Å²) in [7, 11) is 0. The van der Waals surface area contributed by atoms with Gasteiger partial charge in [0.15, 0.2) is 0 Å². The number of hydrogen-bond acceptors (Lipinski definition) is 2. The van der Waals surface area contributed by atoms with Gasteiger partial charge in [-0.1, -0.05) is 29.8 Å². The van der Waals surface area contributed by atoms with Crippen LogP contribution in [0.4, 0.5) is 0 Å². The summed E-state index contributed by atoms with van der Waals surface area (Å²) in [6.45, 7) is 3.99. The lowest BCUT2D eigenvalue weighted by atomic mass is 10.2. The maximum Gasteiger partial charge on any atom is 0.244 e. The van der Waals surface area contributed by atoms with E-state index in [-0.39, 0.29) is 11.8 Å². The fourth-order valence-electron chi connectivity index (χ4n) is 1.43. The molecule has 2 N–H and O–H groups in total. The predicted octanol–water partition coefficient (Wildman–Crippen LogP) is 1.99. The third-order valence-corrected chi connectivity index (χ3v) is 2.77. The lowest BCUT2D eigenvalue weighted by Gasteiger charge is -2.11. The standard InChI is InChI=1S/C14H17ClN2O2/c1-3-16-14(19)10(2)17-13(18)9-8-11-6-4-5-7-12(11)15/h4-10H,3H2,1-2H3,(H,16,19)(H,17,18)/b9-8+/t10-/m0/s1. The zero-order valence-corrected chi connectivity index (χ0v) is 11.7. The van der Waals surface area contributed by atoms with Crippen LogP contribution in [0.15, 0.2) is 30.3 Å². The molecule has 4 nitrogen and oxygen atoms in total. The van der Waals surface area contributed by atoms with E-state index < -0.39 is 6.04 Å². The number of carbonyl (C=O) groups excluding carboxylic acids is 2. The van der Waals surface area contributed by atoms with Gasteiger partial charge in [0.05, 0.1) is 0 Å². The molecule has 19 heavy (non-hydrogen) atoms. The fourth-order valence-corrected chi connectivity index (χ4v) is 1.63. The average Bonchev–Trinajstić information content (AvgIpc) is 2.38. The van der Waals surface area contributed by atoms with Crippen LogP contribution in [0.25, 0.3) is 6.08 Å². The highest BCUT2D eigenvalue weighted by molar-refractivity contribution is 6.32. The Morgan fingerprint density at radius 1 is 1.37 bits per heavy atom. The van der Waals surface area contributed by atoms with E-state index in [1.165, 1.54) is 6.08 Å². The second-order valence-electron chi connectivity index (χ2n) is 3.98. The number of benzene rings is 1. The first-order valence-electron chi connectivity index (χ1n) is 6.05. The lowest BCUT2D eigenvalue weighted by Crippen LogP contribution is -2.44. The molecule has 102 valence electrons. The molecular formula is C14H17ClN2O2. The van der Waals surface area contributed by atoms with Crippen molar-refractivity contribution in [3.05, 3.63) is 40.9 Å². The Labute approximate surface area is 117 Å². The molecule has 5 heteroatoms. The number of hydrogen-bond donors (Lipinski definition) is 2. The van der Waals surface area contributed by atoms with Crippen molar-refractivity contribution in [2.45, 2.75) is 19.9 Å². The summed E-state index contributed by atoms with van der Waals surface area (Å²) < 4.78 is 0. The van der Waals surface area contributed by atoms with Crippen molar-refractivity contribution in [1.29, 1.82) is 0 Å². The van der Waals surface area contributed by atoms with E-state index in [4.69, 9.17) is 11.6 Å². The van der Waals surface area contributed by atoms with E-state index in [1.807, 2.05) is 19.1 Å². The van der Waals surface area contributed by atoms with E-state index in [9.17, 15) is 9.59 Å². The summed E-state index contributed by atoms with van der Waals surface area (Å²) in [6, 6.07) is 6.64. The SMILES string of the molecule is CCNC(=O)[C@H](C)NC(=O)/C=C/c1ccccc1Cl. The molecule has 0 saturated heterocycles. The van der Waals surface area contributed by atoms with Crippen molar-refractivity contribution in [2.24, 2.45) is 0 Å². The largest absolute Gasteiger partial charge is 0.355 e. The van der Waals surface area contributed by atoms with Crippen LogP contribution < -0.4 is 10.6 Å². The molecule has 1 aromatic rings. The Balaban J connectivity index is 2.56. The maximum atomic E-state index is 11.6. The normalized spacial score (nSPS) is 12.2. The van der Waals surface area contributed by atoms with Crippen LogP contribution in [0, 0.1) is 0 Å². The van der Waals surface area contributed by atoms with Crippen LogP contribution in [0.2, 0.25) is 5.02 Å². The monoisotopic (exact) mass is 280 g/mol. The summed E-state index contributed by atoms with van der Waals surface area (Å²) >= 11 is 5.96. The molecule has 0 spiro atoms. The van der Waals surface area contributed by atoms with Crippen molar-refractivity contribution >= 4 is 29.5 Å². The summed E-state index contributed by atoms with van der Waals surface area (Å²) in [5.74, 6) is -0.541. The number of amides is 2. The first-order chi connectivity index (χ1) is 9.04. The van der Waals surface area contributed by atoms with E-state index in [1.54, 1.807) is 25.1 Å². The molecule has 1 atom stereocenters. The Morgan fingerprint density at radius 2 is 2.05 bits per heavy atom. The highest BCUT2D eigenvalue weighted by atomic mass is 35.5. The highest BCUT2D eigenvalue weighted by Crippen LogP contribution is 2.15. The number of rotatable bonds is 5. The Hall–Kier alpha value is -1.81. The minimum Gasteiger partial charge on any atom is -0.355 e. The number of nitrogens with one attached hydrogen (secondary N) is 2. The van der Waals surface area contributed by atoms with Crippen LogP contribution in [0.1, 0.15) is 19.4 Å². The molecule has 0 aromatic heterocycles. The van der Waals surface area contributed by atoms with Gasteiger partial charge in [-0.2, -0.15) is 0 Å². The van der Waals surface area contributed by atoms with Crippen molar-refractivity contribution in [3.8, 4) is 0 Å². The quantitative estimate of drug-likeness (QED) is 0.811. The van der Waals surface area contributed by atoms with Crippen molar-refractivity contribution in [2.75, 3.05) is 6.54 Å². The van der Waals surface area contributed by atoms with Crippen LogP contribution in [-0.4, -0.2) is 24.4 Å². The first-order valence-corrected chi connectivity index (χ1v) is 6.43. The van der Waals surface area contributed by atoms with Gasteiger partial charge in [0.2, 0.25) is 11.8 Å². The summed E-state index contributed by atoms with van der Waals surface area (Å²) in [4.78, 5) is 23.1. The molecule has 0 radical (unpaired) electrons. The van der Waals surface area contributed by atoms with E-state index in [0.717, 1.165) is 5.56 Å². The maximum absolute atomic E-state index is 11.6. The Bertz CT molecular complexity index is 486. The van der Waals surface area contributed by atoms with Crippen molar-refractivity contribution in [1.82, 2.24) is 10.6 Å². The summed E-state index contributed by atoms with van der Waals surface area (Å²) in [5.41, 5.74) is 0.755. The van der Waals surface area contributed by atoms with Gasteiger partial charge >= 0.3 is 0 Å². The summed E-state index contributed by atoms with van der Waals surface area (Å²) in [6.07, 6.45) is 2.97. The number of halogens is 1. The Kier molecular flexibility index (Phi) is 6.09. The zero-order chi connectivity index (χ0) is 14.3. The van der Waals surface area contributed by atoms with Crippen molar-refractivity contribution < 1.29 is 9.59 Å². The van der Waals surface area contributed by atoms with Crippen molar-refractivity contribution in [3.63, 3.8) is 0 Å². The number of carbonyl (C=O) groups is 2. The van der Waals surface area contributed by atoms with Gasteiger partial charge in [-0.15, -0.1) is 0 Å². The minimum atomic E-state index is -0.566. The van der Waals surface area contributed by atoms with E-state index in [2.05, 4.69) is 10.6 Å². The van der Waals surface area contributed by atoms with Gasteiger partial charge < -0.3 is 10.6 Å². The van der Waals surface area contributed by atoms with Gasteiger partial charge in [-0.3, -0.25) is 9.59 Å². The molecule has 0 fully saturated rings. The molecule has 0 heterocycles. The third-order valence-electron chi connectivity index (χ3n) is 2.42. The predicted molar refractivity (Wildman–Crippen MR) is 76.8 cm³/mol. The van der Waals surface area contributed by atoms with E-state index >= 15 is 0 Å². The minimum absolute atomic E-state index is 0.206. The fraction of sp³-hybridized carbons (Fsp3) is 0.286. The van der Waals surface area contributed by atoms with Crippen LogP contribution in [-0.2, 0) is 9.59 Å². The van der Waals surface area contributed by atoms with Crippen LogP contribution in [0.5, 0.6) is 0 Å². The topological polar surface area (TPSA) is 58.2 Å². The zero-order valence-electron chi connectivity index (χ0n) is 10.9. The van der Waals surface area contributed by atoms with Gasteiger partial charge in [0, 0.05) is 17.6 Å². The molecule has 0 unspecified atom stereocenters. The Morgan fingerprint density at radius 3 is 2.68 bits per heavy atom. The molecular weight excluding hydrogens is 264 g/mol. The molecule has 0 aliphatic carbocycles. The van der Waals surface area contributed by atoms with Gasteiger partial charge in [-0.25, -0.2) is 0 Å².